The van der Waals surface area contributed by atoms with Gasteiger partial charge >= 0.3 is 0 Å². The van der Waals surface area contributed by atoms with Crippen LogP contribution in [0.25, 0.3) is 0 Å². The van der Waals surface area contributed by atoms with Gasteiger partial charge in [-0.3, -0.25) is 10.00 Å². The van der Waals surface area contributed by atoms with Gasteiger partial charge in [0.25, 0.3) is 0 Å². The zero-order chi connectivity index (χ0) is 15.8. The summed E-state index contributed by atoms with van der Waals surface area (Å²) in [5.41, 5.74) is 2.07. The Kier molecular flexibility index (Phi) is 3.77. The highest BCUT2D eigenvalue weighted by Gasteiger charge is 2.27. The van der Waals surface area contributed by atoms with Crippen LogP contribution in [0.3, 0.4) is 0 Å². The van der Waals surface area contributed by atoms with Crippen molar-refractivity contribution in [1.82, 2.24) is 15.1 Å². The summed E-state index contributed by atoms with van der Waals surface area (Å²) in [6, 6.07) is 6.31. The maximum Gasteiger partial charge on any atom is 0.159 e. The maximum atomic E-state index is 13.3. The van der Waals surface area contributed by atoms with Crippen LogP contribution in [0, 0.1) is 11.6 Å². The molecular weight excluding hydrogens is 298 g/mol. The van der Waals surface area contributed by atoms with Crippen LogP contribution in [-0.2, 0) is 6.54 Å². The van der Waals surface area contributed by atoms with Crippen molar-refractivity contribution in [2.75, 3.05) is 31.1 Å². The second-order valence-corrected chi connectivity index (χ2v) is 6.47. The number of H-pyrrole nitrogens is 1. The van der Waals surface area contributed by atoms with Gasteiger partial charge in [-0.1, -0.05) is 6.07 Å². The van der Waals surface area contributed by atoms with Crippen molar-refractivity contribution in [3.63, 3.8) is 0 Å². The number of hydrogen-bond acceptors (Lipinski definition) is 3. The molecule has 2 aliphatic rings. The first-order chi connectivity index (χ1) is 11.2. The Morgan fingerprint density at radius 2 is 1.83 bits per heavy atom. The molecule has 2 aromatic rings. The number of rotatable bonds is 4. The quantitative estimate of drug-likeness (QED) is 0.941. The van der Waals surface area contributed by atoms with Crippen LogP contribution < -0.4 is 4.90 Å². The van der Waals surface area contributed by atoms with E-state index in [1.165, 1.54) is 30.7 Å². The fraction of sp³-hybridized carbons (Fsp3) is 0.471. The molecular formula is C17H20F2N4. The van der Waals surface area contributed by atoms with E-state index in [1.807, 2.05) is 0 Å². The molecule has 0 radical (unpaired) electrons. The van der Waals surface area contributed by atoms with Crippen LogP contribution in [0.5, 0.6) is 0 Å². The molecule has 4 rings (SSSR count). The van der Waals surface area contributed by atoms with Gasteiger partial charge in [0.05, 0.1) is 0 Å². The summed E-state index contributed by atoms with van der Waals surface area (Å²) in [5, 5.41) is 7.57. The number of hydrogen-bond donors (Lipinski definition) is 1. The zero-order valence-corrected chi connectivity index (χ0v) is 12.9. The van der Waals surface area contributed by atoms with Crippen LogP contribution in [0.15, 0.2) is 24.3 Å². The van der Waals surface area contributed by atoms with Gasteiger partial charge < -0.3 is 4.90 Å². The van der Waals surface area contributed by atoms with Gasteiger partial charge in [0, 0.05) is 50.4 Å². The highest BCUT2D eigenvalue weighted by molar-refractivity contribution is 5.41. The normalized spacial score (nSPS) is 19.3. The number of anilines is 1. The van der Waals surface area contributed by atoms with E-state index in [0.717, 1.165) is 37.6 Å². The van der Waals surface area contributed by atoms with Gasteiger partial charge in [-0.05, 0) is 30.5 Å². The number of nitrogens with one attached hydrogen (secondary N) is 1. The molecule has 0 spiro atoms. The van der Waals surface area contributed by atoms with Gasteiger partial charge in [-0.25, -0.2) is 8.78 Å². The molecule has 2 fully saturated rings. The molecule has 1 aromatic heterocycles. The molecule has 1 N–H and O–H groups in total. The summed E-state index contributed by atoms with van der Waals surface area (Å²) in [6.45, 7) is 4.24. The Hall–Kier alpha value is -1.95. The number of aromatic nitrogens is 2. The Morgan fingerprint density at radius 1 is 1.04 bits per heavy atom. The second-order valence-electron chi connectivity index (χ2n) is 6.47. The fourth-order valence-electron chi connectivity index (χ4n) is 3.12. The van der Waals surface area contributed by atoms with Crippen molar-refractivity contribution in [2.24, 2.45) is 0 Å². The molecule has 1 saturated heterocycles. The number of nitrogens with zero attached hydrogens (tertiary/aromatic N) is 3. The smallest absolute Gasteiger partial charge is 0.159 e. The summed E-state index contributed by atoms with van der Waals surface area (Å²) in [6.07, 6.45) is 2.54. The maximum absolute atomic E-state index is 13.3. The highest BCUT2D eigenvalue weighted by atomic mass is 19.2. The SMILES string of the molecule is Fc1ccc(CN2CCN(c3cc(C4CC4)[nH]n3)CC2)cc1F. The van der Waals surface area contributed by atoms with Gasteiger partial charge in [-0.2, -0.15) is 5.10 Å². The van der Waals surface area contributed by atoms with Gasteiger partial charge in [0.1, 0.15) is 0 Å². The molecule has 0 amide bonds. The van der Waals surface area contributed by atoms with Crippen molar-refractivity contribution < 1.29 is 8.78 Å². The fourth-order valence-corrected chi connectivity index (χ4v) is 3.12. The lowest BCUT2D eigenvalue weighted by molar-refractivity contribution is 0.249. The Bertz CT molecular complexity index is 688. The minimum absolute atomic E-state index is 0.652. The van der Waals surface area contributed by atoms with Gasteiger partial charge in [-0.15, -0.1) is 0 Å². The molecule has 4 nitrogen and oxygen atoms in total. The minimum Gasteiger partial charge on any atom is -0.353 e. The lowest BCUT2D eigenvalue weighted by Crippen LogP contribution is -2.46. The topological polar surface area (TPSA) is 35.2 Å². The summed E-state index contributed by atoms with van der Waals surface area (Å²) < 4.78 is 26.3. The van der Waals surface area contributed by atoms with E-state index < -0.39 is 11.6 Å². The molecule has 1 aliphatic carbocycles. The zero-order valence-electron chi connectivity index (χ0n) is 12.9. The molecule has 1 saturated carbocycles. The summed E-state index contributed by atoms with van der Waals surface area (Å²) in [5.74, 6) is 0.152. The van der Waals surface area contributed by atoms with Crippen LogP contribution in [-0.4, -0.2) is 41.3 Å². The average molecular weight is 318 g/mol. The molecule has 122 valence electrons. The average Bonchev–Trinajstić information content (AvgIpc) is 3.29. The van der Waals surface area contributed by atoms with Crippen LogP contribution in [0.4, 0.5) is 14.6 Å². The summed E-state index contributed by atoms with van der Waals surface area (Å²) >= 11 is 0. The van der Waals surface area contributed by atoms with Crippen molar-refractivity contribution >= 4 is 5.82 Å². The first kappa shape index (κ1) is 14.6. The predicted octanol–water partition coefficient (Wildman–Crippen LogP) is 2.89. The largest absolute Gasteiger partial charge is 0.353 e. The van der Waals surface area contributed by atoms with Gasteiger partial charge in [0.2, 0.25) is 0 Å². The molecule has 23 heavy (non-hydrogen) atoms. The number of aromatic amines is 1. The van der Waals surface area contributed by atoms with Crippen LogP contribution >= 0.6 is 0 Å². The van der Waals surface area contributed by atoms with E-state index in [9.17, 15) is 8.78 Å². The lowest BCUT2D eigenvalue weighted by atomic mass is 10.2. The van der Waals surface area contributed by atoms with Crippen LogP contribution in [0.2, 0.25) is 0 Å². The Balaban J connectivity index is 1.33. The van der Waals surface area contributed by atoms with E-state index in [2.05, 4.69) is 26.1 Å². The molecule has 1 aliphatic heterocycles. The van der Waals surface area contributed by atoms with Crippen molar-refractivity contribution in [2.45, 2.75) is 25.3 Å². The number of halogens is 2. The molecule has 0 atom stereocenters. The Labute approximate surface area is 134 Å². The predicted molar refractivity (Wildman–Crippen MR) is 84.4 cm³/mol. The number of benzene rings is 1. The highest BCUT2D eigenvalue weighted by Crippen LogP contribution is 2.39. The third-order valence-corrected chi connectivity index (χ3v) is 4.69. The van der Waals surface area contributed by atoms with Crippen molar-refractivity contribution in [3.05, 3.63) is 47.2 Å². The molecule has 0 unspecified atom stereocenters. The van der Waals surface area contributed by atoms with Crippen molar-refractivity contribution in [1.29, 1.82) is 0 Å². The second kappa shape index (κ2) is 5.92. The third-order valence-electron chi connectivity index (χ3n) is 4.69. The lowest BCUT2D eigenvalue weighted by Gasteiger charge is -2.34. The standard InChI is InChI=1S/C17H20F2N4/c18-14-4-1-12(9-15(14)19)11-22-5-7-23(8-6-22)17-10-16(20-21-17)13-2-3-13/h1,4,9-10,13H,2-3,5-8,11H2,(H,20,21). The Morgan fingerprint density at radius 3 is 2.52 bits per heavy atom. The van der Waals surface area contributed by atoms with E-state index >= 15 is 0 Å². The monoisotopic (exact) mass is 318 g/mol. The van der Waals surface area contributed by atoms with E-state index in [1.54, 1.807) is 6.07 Å². The molecule has 1 aromatic carbocycles. The molecule has 0 bridgehead atoms. The van der Waals surface area contributed by atoms with Gasteiger partial charge in [0.15, 0.2) is 17.5 Å². The van der Waals surface area contributed by atoms with Crippen molar-refractivity contribution in [3.8, 4) is 0 Å². The summed E-state index contributed by atoms with van der Waals surface area (Å²) in [7, 11) is 0. The number of piperazine rings is 1. The minimum atomic E-state index is -0.788. The summed E-state index contributed by atoms with van der Waals surface area (Å²) in [4.78, 5) is 4.54. The van der Waals surface area contributed by atoms with E-state index in [4.69, 9.17) is 0 Å². The van der Waals surface area contributed by atoms with E-state index in [0.29, 0.717) is 12.5 Å². The van der Waals surface area contributed by atoms with Crippen LogP contribution in [0.1, 0.15) is 30.0 Å². The molecule has 2 heterocycles. The van der Waals surface area contributed by atoms with E-state index in [-0.39, 0.29) is 0 Å². The first-order valence-corrected chi connectivity index (χ1v) is 8.15. The molecule has 6 heteroatoms. The third kappa shape index (κ3) is 3.22. The first-order valence-electron chi connectivity index (χ1n) is 8.15.